The lowest BCUT2D eigenvalue weighted by Crippen LogP contribution is -3.00. The van der Waals surface area contributed by atoms with Crippen molar-refractivity contribution in [3.63, 3.8) is 0 Å². The Morgan fingerprint density at radius 3 is 2.54 bits per heavy atom. The highest BCUT2D eigenvalue weighted by Gasteiger charge is 2.30. The first kappa shape index (κ1) is 20.1. The number of carbonyl (C=O) groups excluding carboxylic acids is 1. The maximum atomic E-state index is 12.4. The number of rotatable bonds is 6. The Kier molecular flexibility index (Phi) is 6.48. The van der Waals surface area contributed by atoms with Gasteiger partial charge in [-0.05, 0) is 41.1 Å². The van der Waals surface area contributed by atoms with E-state index >= 15 is 0 Å². The van der Waals surface area contributed by atoms with Gasteiger partial charge in [0.15, 0.2) is 11.6 Å². The standard InChI is InChI=1S/C18H22N6O3.ClH/c1-2-15(17-19-20-21-24(17)13-14-5-3-11-26-14)22-7-9-23(10-8-22)18(25)16-6-4-12-27-16;/h3-6,11-12,15H,2,7-10,13H2,1H3;1H/p-1. The summed E-state index contributed by atoms with van der Waals surface area (Å²) < 4.78 is 12.4. The van der Waals surface area contributed by atoms with Crippen molar-refractivity contribution in [1.29, 1.82) is 0 Å². The summed E-state index contributed by atoms with van der Waals surface area (Å²) in [6.45, 7) is 5.45. The van der Waals surface area contributed by atoms with E-state index in [4.69, 9.17) is 8.83 Å². The van der Waals surface area contributed by atoms with Crippen molar-refractivity contribution in [3.8, 4) is 0 Å². The third kappa shape index (κ3) is 4.10. The van der Waals surface area contributed by atoms with Crippen LogP contribution in [0.2, 0.25) is 0 Å². The average Bonchev–Trinajstić information content (AvgIpc) is 3.46. The molecule has 0 N–H and O–H groups in total. The maximum Gasteiger partial charge on any atom is 0.289 e. The van der Waals surface area contributed by atoms with Crippen molar-refractivity contribution in [1.82, 2.24) is 30.0 Å². The van der Waals surface area contributed by atoms with Gasteiger partial charge in [-0.15, -0.1) is 5.10 Å². The molecule has 1 aliphatic heterocycles. The van der Waals surface area contributed by atoms with Gasteiger partial charge >= 0.3 is 0 Å². The molecule has 3 aromatic heterocycles. The first-order valence-corrected chi connectivity index (χ1v) is 9.11. The van der Waals surface area contributed by atoms with Crippen LogP contribution >= 0.6 is 0 Å². The molecule has 0 radical (unpaired) electrons. The van der Waals surface area contributed by atoms with Crippen LogP contribution in [0.1, 0.15) is 41.5 Å². The second kappa shape index (κ2) is 9.03. The minimum atomic E-state index is -0.0599. The monoisotopic (exact) mass is 405 g/mol. The lowest BCUT2D eigenvalue weighted by molar-refractivity contribution is -0.0000171. The number of amides is 1. The fourth-order valence-electron chi connectivity index (χ4n) is 3.51. The van der Waals surface area contributed by atoms with Crippen LogP contribution in [0.5, 0.6) is 0 Å². The van der Waals surface area contributed by atoms with E-state index in [-0.39, 0.29) is 24.4 Å². The number of hydrogen-bond acceptors (Lipinski definition) is 7. The predicted molar refractivity (Wildman–Crippen MR) is 94.8 cm³/mol. The van der Waals surface area contributed by atoms with Crippen LogP contribution in [-0.2, 0) is 6.54 Å². The molecule has 0 bridgehead atoms. The van der Waals surface area contributed by atoms with Gasteiger partial charge in [0.05, 0.1) is 18.6 Å². The number of hydrogen-bond donors (Lipinski definition) is 0. The Hall–Kier alpha value is -2.65. The van der Waals surface area contributed by atoms with Crippen LogP contribution in [0.25, 0.3) is 0 Å². The number of piperazine rings is 1. The Labute approximate surface area is 168 Å². The molecule has 10 heteroatoms. The van der Waals surface area contributed by atoms with E-state index in [0.29, 0.717) is 25.4 Å². The molecule has 3 aromatic rings. The fraction of sp³-hybridized carbons (Fsp3) is 0.444. The molecule has 150 valence electrons. The zero-order chi connectivity index (χ0) is 18.6. The Morgan fingerprint density at radius 1 is 1.14 bits per heavy atom. The molecule has 1 aliphatic rings. The van der Waals surface area contributed by atoms with E-state index in [9.17, 15) is 4.79 Å². The molecule has 4 rings (SSSR count). The van der Waals surface area contributed by atoms with Gasteiger partial charge in [0.2, 0.25) is 0 Å². The molecule has 0 aliphatic carbocycles. The second-order valence-corrected chi connectivity index (χ2v) is 6.50. The minimum Gasteiger partial charge on any atom is -1.00 e. The summed E-state index contributed by atoms with van der Waals surface area (Å²) in [5.74, 6) is 1.96. The zero-order valence-corrected chi connectivity index (χ0v) is 16.3. The largest absolute Gasteiger partial charge is 1.00 e. The maximum absolute atomic E-state index is 12.4. The fourth-order valence-corrected chi connectivity index (χ4v) is 3.51. The second-order valence-electron chi connectivity index (χ2n) is 6.50. The van der Waals surface area contributed by atoms with Crippen molar-refractivity contribution in [3.05, 3.63) is 54.1 Å². The molecule has 1 atom stereocenters. The number of aromatic nitrogens is 4. The smallest absolute Gasteiger partial charge is 0.289 e. The van der Waals surface area contributed by atoms with Gasteiger partial charge in [-0.1, -0.05) is 6.92 Å². The Morgan fingerprint density at radius 2 is 1.89 bits per heavy atom. The van der Waals surface area contributed by atoms with Crippen LogP contribution in [0, 0.1) is 0 Å². The van der Waals surface area contributed by atoms with E-state index in [1.807, 2.05) is 17.0 Å². The normalized spacial score (nSPS) is 16.0. The number of tetrazole rings is 1. The number of halogens is 1. The molecular formula is C18H22ClN6O3-. The molecule has 1 fully saturated rings. The number of nitrogens with zero attached hydrogens (tertiary/aromatic N) is 6. The van der Waals surface area contributed by atoms with Gasteiger partial charge in [-0.25, -0.2) is 4.68 Å². The summed E-state index contributed by atoms with van der Waals surface area (Å²) in [5.41, 5.74) is 0. The highest BCUT2D eigenvalue weighted by molar-refractivity contribution is 5.91. The zero-order valence-electron chi connectivity index (χ0n) is 15.6. The summed E-state index contributed by atoms with van der Waals surface area (Å²) in [6, 6.07) is 7.29. The Bertz CT molecular complexity index is 856. The molecule has 1 amide bonds. The van der Waals surface area contributed by atoms with E-state index in [1.165, 1.54) is 6.26 Å². The molecule has 1 saturated heterocycles. The Balaban J connectivity index is 0.00000225. The molecule has 4 heterocycles. The predicted octanol–water partition coefficient (Wildman–Crippen LogP) is -1.18. The summed E-state index contributed by atoms with van der Waals surface area (Å²) in [7, 11) is 0. The molecule has 0 spiro atoms. The van der Waals surface area contributed by atoms with Crippen LogP contribution in [-0.4, -0.2) is 62.1 Å². The quantitative estimate of drug-likeness (QED) is 0.509. The van der Waals surface area contributed by atoms with Crippen LogP contribution in [0.15, 0.2) is 45.6 Å². The molecule has 1 unspecified atom stereocenters. The third-order valence-electron chi connectivity index (χ3n) is 4.90. The van der Waals surface area contributed by atoms with Crippen molar-refractivity contribution in [2.45, 2.75) is 25.9 Å². The van der Waals surface area contributed by atoms with E-state index in [2.05, 4.69) is 27.3 Å². The van der Waals surface area contributed by atoms with Crippen LogP contribution in [0.4, 0.5) is 0 Å². The summed E-state index contributed by atoms with van der Waals surface area (Å²) in [5, 5.41) is 12.2. The lowest BCUT2D eigenvalue weighted by atomic mass is 10.1. The highest BCUT2D eigenvalue weighted by atomic mass is 35.5. The van der Waals surface area contributed by atoms with Crippen molar-refractivity contribution >= 4 is 5.91 Å². The van der Waals surface area contributed by atoms with Crippen LogP contribution < -0.4 is 12.4 Å². The topological polar surface area (TPSA) is 93.4 Å². The van der Waals surface area contributed by atoms with Gasteiger partial charge in [0.1, 0.15) is 12.3 Å². The van der Waals surface area contributed by atoms with Gasteiger partial charge in [0, 0.05) is 26.2 Å². The van der Waals surface area contributed by atoms with Gasteiger partial charge in [-0.3, -0.25) is 9.69 Å². The van der Waals surface area contributed by atoms with Gasteiger partial charge in [-0.2, -0.15) is 0 Å². The first-order chi connectivity index (χ1) is 13.3. The molecule has 0 aromatic carbocycles. The SMILES string of the molecule is CCC(c1nnnn1Cc1ccco1)N1CCN(C(=O)c2ccco2)CC1.[Cl-]. The van der Waals surface area contributed by atoms with E-state index in [1.54, 1.807) is 23.1 Å². The van der Waals surface area contributed by atoms with Crippen molar-refractivity contribution < 1.29 is 26.0 Å². The first-order valence-electron chi connectivity index (χ1n) is 9.11. The number of carbonyl (C=O) groups is 1. The molecule has 9 nitrogen and oxygen atoms in total. The molecule has 28 heavy (non-hydrogen) atoms. The summed E-state index contributed by atoms with van der Waals surface area (Å²) in [4.78, 5) is 16.6. The third-order valence-corrected chi connectivity index (χ3v) is 4.90. The van der Waals surface area contributed by atoms with Crippen molar-refractivity contribution in [2.24, 2.45) is 0 Å². The lowest BCUT2D eigenvalue weighted by Gasteiger charge is -2.38. The molecular weight excluding hydrogens is 384 g/mol. The van der Waals surface area contributed by atoms with E-state index < -0.39 is 0 Å². The summed E-state index contributed by atoms with van der Waals surface area (Å²) in [6.07, 6.45) is 4.05. The van der Waals surface area contributed by atoms with Gasteiger partial charge in [0.25, 0.3) is 5.91 Å². The minimum absolute atomic E-state index is 0. The number of furan rings is 2. The van der Waals surface area contributed by atoms with Crippen molar-refractivity contribution in [2.75, 3.05) is 26.2 Å². The molecule has 0 saturated carbocycles. The van der Waals surface area contributed by atoms with Gasteiger partial charge < -0.3 is 26.1 Å². The van der Waals surface area contributed by atoms with Crippen LogP contribution in [0.3, 0.4) is 0 Å². The summed E-state index contributed by atoms with van der Waals surface area (Å²) >= 11 is 0. The van der Waals surface area contributed by atoms with E-state index in [0.717, 1.165) is 31.1 Å². The average molecular weight is 406 g/mol. The highest BCUT2D eigenvalue weighted by Crippen LogP contribution is 2.24.